The first kappa shape index (κ1) is 33.3. The summed E-state index contributed by atoms with van der Waals surface area (Å²) in [4.78, 5) is 43.0. The highest BCUT2D eigenvalue weighted by atomic mass is 79.9. The number of ether oxygens (including phenoxy) is 6. The number of methoxy groups -OCH3 is 1. The lowest BCUT2D eigenvalue weighted by molar-refractivity contribution is 0.0446. The van der Waals surface area contributed by atoms with Gasteiger partial charge in [-0.2, -0.15) is 0 Å². The number of carbonyl (C=O) groups is 3. The molecule has 0 radical (unpaired) electrons. The zero-order valence-corrected chi connectivity index (χ0v) is 29.0. The van der Waals surface area contributed by atoms with Crippen molar-refractivity contribution in [1.82, 2.24) is 10.3 Å². The summed E-state index contributed by atoms with van der Waals surface area (Å²) < 4.78 is 34.5. The second kappa shape index (κ2) is 14.3. The molecule has 1 atom stereocenters. The molecule has 11 nitrogen and oxygen atoms in total. The van der Waals surface area contributed by atoms with Gasteiger partial charge in [-0.3, -0.25) is 4.79 Å². The average molecular weight is 762 g/mol. The van der Waals surface area contributed by atoms with Gasteiger partial charge in [-0.1, -0.05) is 51.8 Å². The first-order chi connectivity index (χ1) is 24.3. The molecule has 7 rings (SSSR count). The molecule has 2 aliphatic rings. The maximum absolute atomic E-state index is 14.2. The van der Waals surface area contributed by atoms with E-state index in [1.807, 2.05) is 30.5 Å². The number of benzene rings is 4. The van der Waals surface area contributed by atoms with E-state index in [1.54, 1.807) is 42.5 Å². The maximum Gasteiger partial charge on any atom is 0.342 e. The summed E-state index contributed by atoms with van der Waals surface area (Å²) in [5, 5.41) is 4.24. The number of nitrogens with one attached hydrogen (secondary N) is 2. The molecule has 0 spiro atoms. The Labute approximate surface area is 299 Å². The van der Waals surface area contributed by atoms with Crippen LogP contribution in [0, 0.1) is 0 Å². The number of amides is 1. The molecule has 0 saturated heterocycles. The lowest BCUT2D eigenvalue weighted by Gasteiger charge is -2.24. The van der Waals surface area contributed by atoms with E-state index in [0.717, 1.165) is 16.5 Å². The van der Waals surface area contributed by atoms with Crippen molar-refractivity contribution in [2.24, 2.45) is 0 Å². The second-order valence-corrected chi connectivity index (χ2v) is 12.9. The van der Waals surface area contributed by atoms with Gasteiger partial charge in [0.15, 0.2) is 23.0 Å². The Morgan fingerprint density at radius 1 is 0.840 bits per heavy atom. The van der Waals surface area contributed by atoms with Gasteiger partial charge in [0.25, 0.3) is 5.91 Å². The molecule has 0 saturated carbocycles. The quantitative estimate of drug-likeness (QED) is 0.156. The van der Waals surface area contributed by atoms with E-state index in [4.69, 9.17) is 40.0 Å². The number of hydrogen-bond donors (Lipinski definition) is 2. The van der Waals surface area contributed by atoms with Crippen LogP contribution in [-0.2, 0) is 15.9 Å². The lowest BCUT2D eigenvalue weighted by atomic mass is 9.99. The van der Waals surface area contributed by atoms with E-state index < -0.39 is 23.9 Å². The summed E-state index contributed by atoms with van der Waals surface area (Å²) in [6.07, 6.45) is 2.21. The van der Waals surface area contributed by atoms with Crippen LogP contribution < -0.4 is 24.3 Å². The first-order valence-electron chi connectivity index (χ1n) is 15.7. The molecule has 0 unspecified atom stereocenters. The molecule has 2 aliphatic heterocycles. The molecule has 2 N–H and O–H groups in total. The van der Waals surface area contributed by atoms with Gasteiger partial charge in [-0.25, -0.2) is 9.59 Å². The Hall–Kier alpha value is -5.20. The van der Waals surface area contributed by atoms with E-state index in [1.165, 1.54) is 7.11 Å². The minimum absolute atomic E-state index is 0.157. The standard InChI is InChI=1S/C37H30BrClN2O9/c1-45-36(43)26-7-6-20(14-29(26)39)21-13-27(33-31(15-21)46-8-10-48-33)35(42)41-24(12-22-18-40-30-5-3-2-4-25(22)30)19-50-37(44)28-16-23(38)17-32-34(28)49-11-9-47-32/h2-7,13-18,24,40H,8-12,19H2,1H3,(H,41,42)/t24-/m1/s1. The number of rotatable bonds is 9. The number of hydrogen-bond acceptors (Lipinski definition) is 9. The molecular formula is C37H30BrClN2O9. The Morgan fingerprint density at radius 2 is 1.56 bits per heavy atom. The number of aromatic amines is 1. The molecular weight excluding hydrogens is 732 g/mol. The van der Waals surface area contributed by atoms with Crippen molar-refractivity contribution in [3.05, 3.63) is 105 Å². The molecule has 5 aromatic rings. The van der Waals surface area contributed by atoms with Gasteiger partial charge in [-0.05, 0) is 65.6 Å². The van der Waals surface area contributed by atoms with Crippen molar-refractivity contribution in [2.75, 3.05) is 40.1 Å². The van der Waals surface area contributed by atoms with Crippen molar-refractivity contribution < 1.29 is 42.8 Å². The molecule has 13 heteroatoms. The number of H-pyrrole nitrogens is 1. The summed E-state index contributed by atoms with van der Waals surface area (Å²) in [6.45, 7) is 1.06. The predicted molar refractivity (Wildman–Crippen MR) is 188 cm³/mol. The molecule has 3 heterocycles. The molecule has 1 amide bonds. The first-order valence-corrected chi connectivity index (χ1v) is 16.9. The Balaban J connectivity index is 1.19. The third-order valence-corrected chi connectivity index (χ3v) is 9.08. The monoisotopic (exact) mass is 760 g/mol. The summed E-state index contributed by atoms with van der Waals surface area (Å²) in [5.74, 6) is -0.246. The number of halogens is 2. The smallest absolute Gasteiger partial charge is 0.342 e. The van der Waals surface area contributed by atoms with Crippen molar-refractivity contribution in [3.8, 4) is 34.1 Å². The van der Waals surface area contributed by atoms with Crippen LogP contribution in [-0.4, -0.2) is 69.0 Å². The number of para-hydroxylation sites is 1. The third kappa shape index (κ3) is 6.81. The normalized spacial score (nSPS) is 13.7. The van der Waals surface area contributed by atoms with Crippen LogP contribution in [0.3, 0.4) is 0 Å². The summed E-state index contributed by atoms with van der Waals surface area (Å²) in [5.41, 5.74) is 3.74. The van der Waals surface area contributed by atoms with Crippen LogP contribution >= 0.6 is 27.5 Å². The third-order valence-electron chi connectivity index (χ3n) is 8.31. The van der Waals surface area contributed by atoms with Crippen LogP contribution in [0.1, 0.15) is 36.6 Å². The van der Waals surface area contributed by atoms with Gasteiger partial charge < -0.3 is 38.7 Å². The minimum atomic E-state index is -0.664. The fraction of sp³-hybridized carbons (Fsp3) is 0.216. The minimum Gasteiger partial charge on any atom is -0.486 e. The van der Waals surface area contributed by atoms with Gasteiger partial charge in [0.2, 0.25) is 0 Å². The van der Waals surface area contributed by atoms with Crippen LogP contribution in [0.2, 0.25) is 5.02 Å². The molecule has 50 heavy (non-hydrogen) atoms. The summed E-state index contributed by atoms with van der Waals surface area (Å²) in [6, 6.07) is 18.8. The van der Waals surface area contributed by atoms with Gasteiger partial charge in [-0.15, -0.1) is 0 Å². The van der Waals surface area contributed by atoms with Crippen LogP contribution in [0.5, 0.6) is 23.0 Å². The van der Waals surface area contributed by atoms with E-state index in [-0.39, 0.29) is 40.7 Å². The van der Waals surface area contributed by atoms with Crippen molar-refractivity contribution >= 4 is 56.3 Å². The van der Waals surface area contributed by atoms with Crippen molar-refractivity contribution in [2.45, 2.75) is 12.5 Å². The van der Waals surface area contributed by atoms with E-state index >= 15 is 0 Å². The van der Waals surface area contributed by atoms with Crippen LogP contribution in [0.4, 0.5) is 0 Å². The van der Waals surface area contributed by atoms with Gasteiger partial charge >= 0.3 is 11.9 Å². The highest BCUT2D eigenvalue weighted by Gasteiger charge is 2.28. The van der Waals surface area contributed by atoms with E-state index in [0.29, 0.717) is 59.1 Å². The fourth-order valence-electron chi connectivity index (χ4n) is 5.97. The largest absolute Gasteiger partial charge is 0.486 e. The van der Waals surface area contributed by atoms with Crippen LogP contribution in [0.25, 0.3) is 22.0 Å². The SMILES string of the molecule is COC(=O)c1ccc(-c2cc3c(c(C(=O)N[C@@H](COC(=O)c4cc(Br)cc5c4OCCO5)Cc4c[nH]c5ccccc45)c2)OCCO3)cc1Cl. The number of carbonyl (C=O) groups excluding carboxylic acids is 3. The molecule has 0 aliphatic carbocycles. The Kier molecular flexibility index (Phi) is 9.55. The van der Waals surface area contributed by atoms with Gasteiger partial charge in [0.05, 0.1) is 29.3 Å². The molecule has 1 aromatic heterocycles. The number of aromatic nitrogens is 1. The second-order valence-electron chi connectivity index (χ2n) is 11.5. The van der Waals surface area contributed by atoms with Gasteiger partial charge in [0.1, 0.15) is 38.6 Å². The number of esters is 2. The van der Waals surface area contributed by atoms with Crippen LogP contribution in [0.15, 0.2) is 77.4 Å². The zero-order chi connectivity index (χ0) is 34.8. The fourth-order valence-corrected chi connectivity index (χ4v) is 6.66. The van der Waals surface area contributed by atoms with Gasteiger partial charge in [0, 0.05) is 21.6 Å². The van der Waals surface area contributed by atoms with E-state index in [2.05, 4.69) is 26.2 Å². The van der Waals surface area contributed by atoms with E-state index in [9.17, 15) is 14.4 Å². The zero-order valence-electron chi connectivity index (χ0n) is 26.7. The van der Waals surface area contributed by atoms with Crippen molar-refractivity contribution in [1.29, 1.82) is 0 Å². The van der Waals surface area contributed by atoms with Crippen molar-refractivity contribution in [3.63, 3.8) is 0 Å². The lowest BCUT2D eigenvalue weighted by Crippen LogP contribution is -2.40. The topological polar surface area (TPSA) is 134 Å². The summed E-state index contributed by atoms with van der Waals surface area (Å²) in [7, 11) is 1.28. The molecule has 0 bridgehead atoms. The Bertz CT molecular complexity index is 2130. The summed E-state index contributed by atoms with van der Waals surface area (Å²) >= 11 is 9.86. The highest BCUT2D eigenvalue weighted by Crippen LogP contribution is 2.40. The average Bonchev–Trinajstić information content (AvgIpc) is 3.54. The number of fused-ring (bicyclic) bond motifs is 3. The maximum atomic E-state index is 14.2. The Morgan fingerprint density at radius 3 is 2.32 bits per heavy atom. The molecule has 4 aromatic carbocycles. The highest BCUT2D eigenvalue weighted by molar-refractivity contribution is 9.10. The predicted octanol–water partition coefficient (Wildman–Crippen LogP) is 6.78. The molecule has 0 fully saturated rings. The molecule has 256 valence electrons.